The number of H-pyrrole nitrogens is 1. The van der Waals surface area contributed by atoms with Gasteiger partial charge in [0.05, 0.1) is 33.1 Å². The summed E-state index contributed by atoms with van der Waals surface area (Å²) in [5.74, 6) is -0.535. The summed E-state index contributed by atoms with van der Waals surface area (Å²) in [5.41, 5.74) is 15.5. The Morgan fingerprint density at radius 3 is 2.86 bits per heavy atom. The van der Waals surface area contributed by atoms with E-state index in [1.165, 1.54) is 15.9 Å². The lowest BCUT2D eigenvalue weighted by Gasteiger charge is -2.17. The fraction of sp³-hybridized carbons (Fsp3) is 0.250. The fourth-order valence-corrected chi connectivity index (χ4v) is 5.73. The van der Waals surface area contributed by atoms with Gasteiger partial charge < -0.3 is 11.5 Å². The zero-order valence-electron chi connectivity index (χ0n) is 15.3. The third kappa shape index (κ3) is 2.18. The number of hydrogen-bond donors (Lipinski definition) is 3. The Morgan fingerprint density at radius 1 is 1.29 bits per heavy atom. The normalized spacial score (nSPS) is 13.9. The summed E-state index contributed by atoms with van der Waals surface area (Å²) < 4.78 is 2.06. The molecule has 3 heterocycles. The Labute approximate surface area is 164 Å². The molecule has 0 radical (unpaired) electrons. The first-order chi connectivity index (χ1) is 13.5. The second-order valence-corrected chi connectivity index (χ2v) is 8.35. The third-order valence-corrected chi connectivity index (χ3v) is 6.89. The van der Waals surface area contributed by atoms with E-state index < -0.39 is 5.91 Å². The molecule has 4 aromatic rings. The van der Waals surface area contributed by atoms with Crippen LogP contribution in [0.15, 0.2) is 23.1 Å². The van der Waals surface area contributed by atoms with Gasteiger partial charge in [-0.25, -0.2) is 0 Å². The molecule has 1 aliphatic carbocycles. The first-order valence-electron chi connectivity index (χ1n) is 9.20. The maximum Gasteiger partial charge on any atom is 0.265 e. The Balaban J connectivity index is 2.00. The van der Waals surface area contributed by atoms with E-state index in [4.69, 9.17) is 11.5 Å². The van der Waals surface area contributed by atoms with Crippen molar-refractivity contribution in [2.24, 2.45) is 5.73 Å². The first-order valence-corrected chi connectivity index (χ1v) is 10.0. The second-order valence-electron chi connectivity index (χ2n) is 7.24. The van der Waals surface area contributed by atoms with Crippen LogP contribution in [0.4, 0.5) is 5.82 Å². The number of primary amides is 1. The number of carbonyl (C=O) groups is 1. The van der Waals surface area contributed by atoms with Crippen molar-refractivity contribution in [3.05, 3.63) is 50.3 Å². The number of aryl methyl sites for hydroxylation is 3. The molecule has 142 valence electrons. The zero-order chi connectivity index (χ0) is 19.6. The average molecular weight is 393 g/mol. The van der Waals surface area contributed by atoms with Crippen LogP contribution in [0.3, 0.4) is 0 Å². The molecular weight excluding hydrogens is 374 g/mol. The van der Waals surface area contributed by atoms with E-state index >= 15 is 0 Å². The van der Waals surface area contributed by atoms with Crippen LogP contribution in [0.25, 0.3) is 26.7 Å². The summed E-state index contributed by atoms with van der Waals surface area (Å²) in [4.78, 5) is 27.2. The highest BCUT2D eigenvalue weighted by atomic mass is 32.1. The number of pyridine rings is 1. The van der Waals surface area contributed by atoms with E-state index in [2.05, 4.69) is 10.2 Å². The number of hydrogen-bond acceptors (Lipinski definition) is 5. The van der Waals surface area contributed by atoms with Crippen LogP contribution in [0.2, 0.25) is 0 Å². The number of benzene rings is 1. The van der Waals surface area contributed by atoms with Crippen molar-refractivity contribution in [1.82, 2.24) is 14.8 Å². The van der Waals surface area contributed by atoms with E-state index in [0.29, 0.717) is 15.8 Å². The molecule has 0 aliphatic heterocycles. The molecule has 0 bridgehead atoms. The SMILES string of the molecule is Cc1ccc2[nH]ncc2c1-n1c(N)c(C(N)=O)c2sc3c(c2c1=O)CCCC3. The number of thiophene rings is 1. The number of fused-ring (bicyclic) bond motifs is 4. The van der Waals surface area contributed by atoms with Crippen LogP contribution in [0, 0.1) is 6.92 Å². The van der Waals surface area contributed by atoms with Gasteiger partial charge in [0.25, 0.3) is 11.5 Å². The Hall–Kier alpha value is -3.13. The highest BCUT2D eigenvalue weighted by molar-refractivity contribution is 7.19. The van der Waals surface area contributed by atoms with Crippen molar-refractivity contribution in [2.75, 3.05) is 5.73 Å². The molecule has 1 amide bonds. The molecule has 28 heavy (non-hydrogen) atoms. The van der Waals surface area contributed by atoms with E-state index in [1.54, 1.807) is 6.20 Å². The van der Waals surface area contributed by atoms with Gasteiger partial charge in [-0.1, -0.05) is 6.07 Å². The minimum Gasteiger partial charge on any atom is -0.384 e. The average Bonchev–Trinajstić information content (AvgIpc) is 3.27. The van der Waals surface area contributed by atoms with Crippen LogP contribution in [0.5, 0.6) is 0 Å². The summed E-state index contributed by atoms with van der Waals surface area (Å²) in [6.45, 7) is 1.91. The number of aromatic amines is 1. The molecule has 3 aromatic heterocycles. The molecule has 0 spiro atoms. The lowest BCUT2D eigenvalue weighted by Crippen LogP contribution is -2.27. The summed E-state index contributed by atoms with van der Waals surface area (Å²) in [6, 6.07) is 3.81. The minimum absolute atomic E-state index is 0.0837. The monoisotopic (exact) mass is 393 g/mol. The molecule has 0 saturated carbocycles. The second kappa shape index (κ2) is 5.93. The van der Waals surface area contributed by atoms with Gasteiger partial charge in [-0.3, -0.25) is 19.3 Å². The molecule has 8 heteroatoms. The molecule has 0 unspecified atom stereocenters. The minimum atomic E-state index is -0.619. The molecule has 5 N–H and O–H groups in total. The lowest BCUT2D eigenvalue weighted by molar-refractivity contribution is 0.100. The largest absolute Gasteiger partial charge is 0.384 e. The Bertz CT molecular complexity index is 1340. The van der Waals surface area contributed by atoms with E-state index in [9.17, 15) is 9.59 Å². The van der Waals surface area contributed by atoms with Crippen molar-refractivity contribution in [3.63, 3.8) is 0 Å². The highest BCUT2D eigenvalue weighted by Crippen LogP contribution is 2.39. The Kier molecular flexibility index (Phi) is 3.60. The quantitative estimate of drug-likeness (QED) is 0.485. The van der Waals surface area contributed by atoms with Crippen molar-refractivity contribution < 1.29 is 4.79 Å². The van der Waals surface area contributed by atoms with Crippen molar-refractivity contribution in [2.45, 2.75) is 32.6 Å². The number of amides is 1. The number of carbonyl (C=O) groups excluding carboxylic acids is 1. The van der Waals surface area contributed by atoms with Crippen molar-refractivity contribution in [3.8, 4) is 5.69 Å². The lowest BCUT2D eigenvalue weighted by atomic mass is 9.96. The Morgan fingerprint density at radius 2 is 2.07 bits per heavy atom. The molecule has 0 fully saturated rings. The van der Waals surface area contributed by atoms with E-state index in [1.807, 2.05) is 19.1 Å². The van der Waals surface area contributed by atoms with E-state index in [0.717, 1.165) is 52.6 Å². The number of nitrogen functional groups attached to an aromatic ring is 1. The fourth-order valence-electron chi connectivity index (χ4n) is 4.29. The van der Waals surface area contributed by atoms with Gasteiger partial charge in [0.15, 0.2) is 0 Å². The predicted octanol–water partition coefficient (Wildman–Crippen LogP) is 2.80. The molecule has 1 aliphatic rings. The van der Waals surface area contributed by atoms with Crippen LogP contribution in [-0.4, -0.2) is 20.7 Å². The molecular formula is C20H19N5O2S. The molecule has 7 nitrogen and oxygen atoms in total. The molecule has 0 saturated heterocycles. The van der Waals surface area contributed by atoms with Gasteiger partial charge in [-0.15, -0.1) is 11.3 Å². The smallest absolute Gasteiger partial charge is 0.265 e. The van der Waals surface area contributed by atoms with Gasteiger partial charge >= 0.3 is 0 Å². The van der Waals surface area contributed by atoms with Gasteiger partial charge in [0, 0.05) is 10.3 Å². The number of nitrogens with zero attached hydrogens (tertiary/aromatic N) is 2. The van der Waals surface area contributed by atoms with Crippen LogP contribution < -0.4 is 17.0 Å². The maximum absolute atomic E-state index is 13.7. The van der Waals surface area contributed by atoms with Crippen LogP contribution in [0.1, 0.15) is 39.2 Å². The summed E-state index contributed by atoms with van der Waals surface area (Å²) in [7, 11) is 0. The van der Waals surface area contributed by atoms with Crippen molar-refractivity contribution in [1.29, 1.82) is 0 Å². The molecule has 1 aromatic carbocycles. The van der Waals surface area contributed by atoms with Gasteiger partial charge in [0.2, 0.25) is 0 Å². The van der Waals surface area contributed by atoms with Crippen molar-refractivity contribution >= 4 is 44.1 Å². The van der Waals surface area contributed by atoms with Gasteiger partial charge in [-0.05, 0) is 49.8 Å². The van der Waals surface area contributed by atoms with Gasteiger partial charge in [0.1, 0.15) is 5.82 Å². The van der Waals surface area contributed by atoms with Crippen LogP contribution >= 0.6 is 11.3 Å². The topological polar surface area (TPSA) is 120 Å². The first kappa shape index (κ1) is 17.0. The van der Waals surface area contributed by atoms with Crippen LogP contribution in [-0.2, 0) is 12.8 Å². The summed E-state index contributed by atoms with van der Waals surface area (Å²) in [5, 5.41) is 8.37. The molecule has 0 atom stereocenters. The number of rotatable bonds is 2. The predicted molar refractivity (Wildman–Crippen MR) is 111 cm³/mol. The zero-order valence-corrected chi connectivity index (χ0v) is 16.2. The number of anilines is 1. The third-order valence-electron chi connectivity index (χ3n) is 5.58. The van der Waals surface area contributed by atoms with E-state index in [-0.39, 0.29) is 16.9 Å². The maximum atomic E-state index is 13.7. The van der Waals surface area contributed by atoms with Gasteiger partial charge in [-0.2, -0.15) is 5.10 Å². The standard InChI is InChI=1S/C20H19N5O2S/c1-9-6-7-12-11(8-23-24-12)16(9)25-18(21)15(19(22)26)17-14(20(25)27)10-4-2-3-5-13(10)28-17/h6-8H,2-5,21H2,1H3,(H2,22,26)(H,23,24). The highest BCUT2D eigenvalue weighted by Gasteiger charge is 2.27. The summed E-state index contributed by atoms with van der Waals surface area (Å²) in [6.07, 6.45) is 5.54. The number of nitrogens with one attached hydrogen (secondary N) is 1. The number of aromatic nitrogens is 3. The number of nitrogens with two attached hydrogens (primary N) is 2. The molecule has 5 rings (SSSR count). The summed E-state index contributed by atoms with van der Waals surface area (Å²) >= 11 is 1.48.